The van der Waals surface area contributed by atoms with E-state index in [1.54, 1.807) is 42.5 Å². The second kappa shape index (κ2) is 13.4. The first kappa shape index (κ1) is 29.6. The summed E-state index contributed by atoms with van der Waals surface area (Å²) in [5.41, 5.74) is 2.61. The molecule has 1 aromatic heterocycles. The first-order valence-electron chi connectivity index (χ1n) is 14.2. The summed E-state index contributed by atoms with van der Waals surface area (Å²) in [6.07, 6.45) is 4.93. The Morgan fingerprint density at radius 3 is 2.35 bits per heavy atom. The van der Waals surface area contributed by atoms with Gasteiger partial charge in [0.15, 0.2) is 11.5 Å². The van der Waals surface area contributed by atoms with Gasteiger partial charge in [-0.2, -0.15) is 0 Å². The predicted molar refractivity (Wildman–Crippen MR) is 160 cm³/mol. The normalized spacial score (nSPS) is 14.1. The SMILES string of the molecule is COC(=O)c1ccc(C(C(=O)NC2CCCCC2)N(C(=O)Cn2nnc3ccccc32)c2ccc(OC)c(OC)c2)cc1. The number of anilines is 1. The number of hydrogen-bond donors (Lipinski definition) is 1. The van der Waals surface area contributed by atoms with Gasteiger partial charge in [-0.15, -0.1) is 5.10 Å². The molecule has 1 N–H and O–H groups in total. The third-order valence-corrected chi connectivity index (χ3v) is 7.72. The zero-order valence-electron chi connectivity index (χ0n) is 24.5. The van der Waals surface area contributed by atoms with Gasteiger partial charge in [-0.25, -0.2) is 9.48 Å². The minimum absolute atomic E-state index is 0.000271. The highest BCUT2D eigenvalue weighted by Crippen LogP contribution is 2.36. The molecule has 0 saturated heterocycles. The van der Waals surface area contributed by atoms with Gasteiger partial charge < -0.3 is 19.5 Å². The number of amides is 2. The van der Waals surface area contributed by atoms with E-state index < -0.39 is 17.9 Å². The Bertz CT molecular complexity index is 1600. The van der Waals surface area contributed by atoms with Gasteiger partial charge >= 0.3 is 5.97 Å². The van der Waals surface area contributed by atoms with Crippen LogP contribution in [0.4, 0.5) is 5.69 Å². The Kier molecular flexibility index (Phi) is 9.19. The molecule has 2 amide bonds. The van der Waals surface area contributed by atoms with Gasteiger partial charge in [-0.3, -0.25) is 14.5 Å². The summed E-state index contributed by atoms with van der Waals surface area (Å²) in [7, 11) is 4.34. The number of carbonyl (C=O) groups is 3. The smallest absolute Gasteiger partial charge is 0.337 e. The fourth-order valence-electron chi connectivity index (χ4n) is 5.51. The van der Waals surface area contributed by atoms with Crippen molar-refractivity contribution in [2.45, 2.75) is 50.7 Å². The number of ether oxygens (including phenoxy) is 3. The van der Waals surface area contributed by atoms with Crippen molar-refractivity contribution in [1.82, 2.24) is 20.3 Å². The number of rotatable bonds is 10. The molecule has 0 bridgehead atoms. The van der Waals surface area contributed by atoms with Crippen LogP contribution in [0.25, 0.3) is 11.0 Å². The van der Waals surface area contributed by atoms with E-state index in [1.165, 1.54) is 30.9 Å². The fourth-order valence-corrected chi connectivity index (χ4v) is 5.51. The molecule has 1 atom stereocenters. The second-order valence-electron chi connectivity index (χ2n) is 10.4. The molecule has 1 unspecified atom stereocenters. The second-order valence-corrected chi connectivity index (χ2v) is 10.4. The number of fused-ring (bicyclic) bond motifs is 1. The summed E-state index contributed by atoms with van der Waals surface area (Å²) in [6.45, 7) is -0.178. The third kappa shape index (κ3) is 6.45. The lowest BCUT2D eigenvalue weighted by molar-refractivity contribution is -0.127. The van der Waals surface area contributed by atoms with Gasteiger partial charge in [-0.1, -0.05) is 48.7 Å². The van der Waals surface area contributed by atoms with Crippen molar-refractivity contribution in [3.63, 3.8) is 0 Å². The molecule has 11 heteroatoms. The molecule has 5 rings (SSSR count). The maximum atomic E-state index is 14.4. The Labute approximate surface area is 249 Å². The van der Waals surface area contributed by atoms with E-state index in [1.807, 2.05) is 24.3 Å². The Morgan fingerprint density at radius 1 is 0.930 bits per heavy atom. The first-order chi connectivity index (χ1) is 20.9. The number of methoxy groups -OCH3 is 3. The number of carbonyl (C=O) groups excluding carboxylic acids is 3. The van der Waals surface area contributed by atoms with Gasteiger partial charge in [0.25, 0.3) is 0 Å². The Hall–Kier alpha value is -4.93. The van der Waals surface area contributed by atoms with Gasteiger partial charge in [0.05, 0.1) is 32.4 Å². The van der Waals surface area contributed by atoms with Gasteiger partial charge in [0.1, 0.15) is 18.1 Å². The maximum Gasteiger partial charge on any atom is 0.337 e. The molecule has 43 heavy (non-hydrogen) atoms. The van der Waals surface area contributed by atoms with Gasteiger partial charge in [0.2, 0.25) is 11.8 Å². The molecular weight excluding hydrogens is 550 g/mol. The zero-order chi connectivity index (χ0) is 30.3. The molecule has 0 radical (unpaired) electrons. The molecule has 3 aromatic carbocycles. The van der Waals surface area contributed by atoms with Crippen LogP contribution in [0, 0.1) is 0 Å². The summed E-state index contributed by atoms with van der Waals surface area (Å²) in [5.74, 6) is -0.350. The van der Waals surface area contributed by atoms with Crippen LogP contribution in [0.15, 0.2) is 66.7 Å². The van der Waals surface area contributed by atoms with Crippen LogP contribution in [0.1, 0.15) is 54.1 Å². The number of hydrogen-bond acceptors (Lipinski definition) is 8. The quantitative estimate of drug-likeness (QED) is 0.271. The average molecular weight is 586 g/mol. The molecule has 224 valence electrons. The van der Waals surface area contributed by atoms with E-state index in [-0.39, 0.29) is 18.5 Å². The van der Waals surface area contributed by atoms with E-state index >= 15 is 0 Å². The highest BCUT2D eigenvalue weighted by Gasteiger charge is 2.35. The van der Waals surface area contributed by atoms with Crippen LogP contribution in [-0.2, 0) is 20.9 Å². The molecule has 1 aliphatic rings. The Balaban J connectivity index is 1.61. The number of nitrogens with one attached hydrogen (secondary N) is 1. The van der Waals surface area contributed by atoms with Crippen LogP contribution in [0.2, 0.25) is 0 Å². The third-order valence-electron chi connectivity index (χ3n) is 7.72. The number of nitrogens with zero attached hydrogens (tertiary/aromatic N) is 4. The highest BCUT2D eigenvalue weighted by molar-refractivity contribution is 6.02. The van der Waals surface area contributed by atoms with Crippen LogP contribution < -0.4 is 19.7 Å². The van der Waals surface area contributed by atoms with Gasteiger partial charge in [-0.05, 0) is 54.8 Å². The lowest BCUT2D eigenvalue weighted by Crippen LogP contribution is -2.48. The van der Waals surface area contributed by atoms with Crippen molar-refractivity contribution >= 4 is 34.5 Å². The summed E-state index contributed by atoms with van der Waals surface area (Å²) >= 11 is 0. The first-order valence-corrected chi connectivity index (χ1v) is 14.2. The van der Waals surface area contributed by atoms with Crippen LogP contribution >= 0.6 is 0 Å². The molecule has 1 saturated carbocycles. The van der Waals surface area contributed by atoms with Crippen molar-refractivity contribution in [3.8, 4) is 11.5 Å². The highest BCUT2D eigenvalue weighted by atomic mass is 16.5. The van der Waals surface area contributed by atoms with Crippen molar-refractivity contribution < 1.29 is 28.6 Å². The number of esters is 1. The molecule has 1 heterocycles. The zero-order valence-corrected chi connectivity index (χ0v) is 24.5. The van der Waals surface area contributed by atoms with Crippen molar-refractivity contribution in [2.24, 2.45) is 0 Å². The minimum atomic E-state index is -1.07. The van der Waals surface area contributed by atoms with Crippen molar-refractivity contribution in [1.29, 1.82) is 0 Å². The standard InChI is InChI=1S/C32H35N5O6/c1-41-27-18-17-24(19-28(27)42-2)37(29(38)20-36-26-12-8-7-11-25(26)34-35-36)30(31(39)33-23-9-5-4-6-10-23)21-13-15-22(16-14-21)32(40)43-3/h7-8,11-19,23,30H,4-6,9-10,20H2,1-3H3,(H,33,39). The van der Waals surface area contributed by atoms with Crippen LogP contribution in [0.5, 0.6) is 11.5 Å². The van der Waals surface area contributed by atoms with Crippen molar-refractivity contribution in [3.05, 3.63) is 77.9 Å². The molecule has 1 aliphatic carbocycles. The van der Waals surface area contributed by atoms with E-state index in [0.717, 1.165) is 32.1 Å². The lowest BCUT2D eigenvalue weighted by atomic mass is 9.94. The molecule has 11 nitrogen and oxygen atoms in total. The average Bonchev–Trinajstić information content (AvgIpc) is 3.45. The number of aromatic nitrogens is 3. The van der Waals surface area contributed by atoms with Crippen molar-refractivity contribution in [2.75, 3.05) is 26.2 Å². The molecule has 0 aliphatic heterocycles. The molecule has 0 spiro atoms. The summed E-state index contributed by atoms with van der Waals surface area (Å²) in [4.78, 5) is 42.2. The van der Waals surface area contributed by atoms with E-state index in [4.69, 9.17) is 14.2 Å². The maximum absolute atomic E-state index is 14.4. The number of para-hydroxylation sites is 1. The van der Waals surface area contributed by atoms with Crippen LogP contribution in [-0.4, -0.2) is 60.1 Å². The molecule has 4 aromatic rings. The predicted octanol–water partition coefficient (Wildman–Crippen LogP) is 4.46. The fraction of sp³-hybridized carbons (Fsp3) is 0.344. The summed E-state index contributed by atoms with van der Waals surface area (Å²) in [5, 5.41) is 11.6. The van der Waals surface area contributed by atoms with E-state index in [2.05, 4.69) is 15.6 Å². The lowest BCUT2D eigenvalue weighted by Gasteiger charge is -2.34. The minimum Gasteiger partial charge on any atom is -0.493 e. The van der Waals surface area contributed by atoms with Crippen LogP contribution in [0.3, 0.4) is 0 Å². The summed E-state index contributed by atoms with van der Waals surface area (Å²) < 4.78 is 17.4. The summed E-state index contributed by atoms with van der Waals surface area (Å²) in [6, 6.07) is 17.9. The molecule has 1 fully saturated rings. The Morgan fingerprint density at radius 2 is 1.65 bits per heavy atom. The number of benzene rings is 3. The van der Waals surface area contributed by atoms with Gasteiger partial charge in [0, 0.05) is 17.8 Å². The van der Waals surface area contributed by atoms with E-state index in [0.29, 0.717) is 39.3 Å². The van der Waals surface area contributed by atoms with E-state index in [9.17, 15) is 14.4 Å². The monoisotopic (exact) mass is 585 g/mol. The largest absolute Gasteiger partial charge is 0.493 e. The topological polar surface area (TPSA) is 125 Å². The molecular formula is C32H35N5O6.